The van der Waals surface area contributed by atoms with Gasteiger partial charge in [0.2, 0.25) is 0 Å². The molecule has 0 bridgehead atoms. The molecule has 0 atom stereocenters. The minimum absolute atomic E-state index is 0.297. The van der Waals surface area contributed by atoms with Gasteiger partial charge in [0.25, 0.3) is 0 Å². The molecule has 1 aromatic carbocycles. The van der Waals surface area contributed by atoms with Crippen LogP contribution in [0.4, 0.5) is 13.2 Å². The molecule has 1 rings (SSSR count). The van der Waals surface area contributed by atoms with Crippen molar-refractivity contribution in [3.8, 4) is 6.07 Å². The Labute approximate surface area is 118 Å². The lowest BCUT2D eigenvalue weighted by Crippen LogP contribution is -2.40. The summed E-state index contributed by atoms with van der Waals surface area (Å²) in [6.07, 6.45) is -3.45. The lowest BCUT2D eigenvalue weighted by atomic mass is 10.1. The predicted octanol–water partition coefficient (Wildman–Crippen LogP) is 3.91. The van der Waals surface area contributed by atoms with Gasteiger partial charge in [-0.05, 0) is 23.9 Å². The molecule has 0 aromatic heterocycles. The van der Waals surface area contributed by atoms with E-state index in [-0.39, 0.29) is 0 Å². The summed E-state index contributed by atoms with van der Waals surface area (Å²) < 4.78 is 37.4. The fourth-order valence-electron chi connectivity index (χ4n) is 2.00. The van der Waals surface area contributed by atoms with Crippen LogP contribution in [0.3, 0.4) is 0 Å². The molecule has 0 N–H and O–H groups in total. The molecule has 0 aliphatic rings. The quantitative estimate of drug-likeness (QED) is 0.609. The van der Waals surface area contributed by atoms with Crippen LogP contribution in [0.2, 0.25) is 19.6 Å². The van der Waals surface area contributed by atoms with E-state index in [2.05, 4.69) is 25.7 Å². The third kappa shape index (κ3) is 5.76. The Kier molecular flexibility index (Phi) is 5.37. The van der Waals surface area contributed by atoms with Crippen molar-refractivity contribution in [1.29, 1.82) is 5.26 Å². The average Bonchev–Trinajstić information content (AvgIpc) is 2.26. The molecule has 6 heteroatoms. The summed E-state index contributed by atoms with van der Waals surface area (Å²) in [5, 5.41) is 8.84. The first-order chi connectivity index (χ1) is 9.12. The highest BCUT2D eigenvalue weighted by molar-refractivity contribution is 6.76. The maximum absolute atomic E-state index is 12.5. The lowest BCUT2D eigenvalue weighted by Gasteiger charge is -2.26. The number of hydrogen-bond donors (Lipinski definition) is 0. The minimum atomic E-state index is -4.30. The van der Waals surface area contributed by atoms with Gasteiger partial charge in [0.05, 0.1) is 26.3 Å². The van der Waals surface area contributed by atoms with Crippen LogP contribution in [-0.4, -0.2) is 25.7 Å². The van der Waals surface area contributed by atoms with Crippen LogP contribution in [0.15, 0.2) is 24.3 Å². The van der Waals surface area contributed by atoms with Crippen LogP contribution in [0, 0.1) is 11.3 Å². The zero-order valence-electron chi connectivity index (χ0n) is 12.0. The Bertz CT molecular complexity index is 469. The largest absolute Gasteiger partial charge is 0.416 e. The second kappa shape index (κ2) is 6.42. The zero-order valence-corrected chi connectivity index (χ0v) is 13.0. The van der Waals surface area contributed by atoms with E-state index in [9.17, 15) is 13.2 Å². The highest BCUT2D eigenvalue weighted by Gasteiger charge is 2.30. The first-order valence-electron chi connectivity index (χ1n) is 6.37. The molecule has 0 unspecified atom stereocenters. The summed E-state index contributed by atoms with van der Waals surface area (Å²) in [7, 11) is -1.36. The Morgan fingerprint density at radius 2 is 1.70 bits per heavy atom. The number of benzene rings is 1. The highest BCUT2D eigenvalue weighted by Crippen LogP contribution is 2.29. The van der Waals surface area contributed by atoms with E-state index in [1.807, 2.05) is 4.90 Å². The van der Waals surface area contributed by atoms with E-state index in [4.69, 9.17) is 5.26 Å². The molecule has 0 aliphatic carbocycles. The summed E-state index contributed by atoms with van der Waals surface area (Å²) in [4.78, 5) is 1.99. The number of alkyl halides is 3. The number of hydrogen-bond acceptors (Lipinski definition) is 2. The van der Waals surface area contributed by atoms with E-state index in [1.54, 1.807) is 0 Å². The van der Waals surface area contributed by atoms with Gasteiger partial charge >= 0.3 is 6.18 Å². The Balaban J connectivity index is 2.77. The van der Waals surface area contributed by atoms with Gasteiger partial charge in [-0.1, -0.05) is 31.8 Å². The van der Waals surface area contributed by atoms with E-state index in [0.29, 0.717) is 13.1 Å². The van der Waals surface area contributed by atoms with Crippen molar-refractivity contribution < 1.29 is 13.2 Å². The SMILES string of the molecule is C[Si](C)(C)CN(CC#N)Cc1ccc(C(F)(F)F)cc1. The van der Waals surface area contributed by atoms with Crippen LogP contribution in [0.25, 0.3) is 0 Å². The molecule has 0 heterocycles. The molecule has 0 spiro atoms. The van der Waals surface area contributed by atoms with Crippen molar-refractivity contribution in [2.24, 2.45) is 0 Å². The monoisotopic (exact) mass is 300 g/mol. The fraction of sp³-hybridized carbons (Fsp3) is 0.500. The standard InChI is InChI=1S/C14H19F3N2Si/c1-20(2,3)11-19(9-8-18)10-12-4-6-13(7-5-12)14(15,16)17/h4-7H,9-11H2,1-3H3. The van der Waals surface area contributed by atoms with Gasteiger partial charge in [-0.25, -0.2) is 0 Å². The van der Waals surface area contributed by atoms with Gasteiger partial charge in [0, 0.05) is 6.54 Å². The fourth-order valence-corrected chi connectivity index (χ4v) is 3.56. The van der Waals surface area contributed by atoms with Crippen LogP contribution < -0.4 is 0 Å². The summed E-state index contributed by atoms with van der Waals surface area (Å²) in [6, 6.07) is 7.26. The number of halogens is 3. The van der Waals surface area contributed by atoms with Crippen molar-refractivity contribution in [2.45, 2.75) is 32.4 Å². The van der Waals surface area contributed by atoms with Crippen LogP contribution in [-0.2, 0) is 12.7 Å². The molecule has 20 heavy (non-hydrogen) atoms. The second-order valence-corrected chi connectivity index (χ2v) is 11.5. The molecular formula is C14H19F3N2Si. The molecule has 110 valence electrons. The van der Waals surface area contributed by atoms with Gasteiger partial charge in [-0.3, -0.25) is 4.90 Å². The van der Waals surface area contributed by atoms with Gasteiger partial charge < -0.3 is 0 Å². The summed E-state index contributed by atoms with van der Waals surface area (Å²) >= 11 is 0. The number of nitrogens with zero attached hydrogens (tertiary/aromatic N) is 2. The van der Waals surface area contributed by atoms with Crippen molar-refractivity contribution in [3.05, 3.63) is 35.4 Å². The smallest absolute Gasteiger partial charge is 0.289 e. The third-order valence-electron chi connectivity index (χ3n) is 2.68. The maximum Gasteiger partial charge on any atom is 0.416 e. The Morgan fingerprint density at radius 3 is 2.10 bits per heavy atom. The topological polar surface area (TPSA) is 27.0 Å². The molecule has 0 aliphatic heterocycles. The number of nitriles is 1. The van der Waals surface area contributed by atoms with Gasteiger partial charge in [-0.15, -0.1) is 0 Å². The normalized spacial score (nSPS) is 12.5. The minimum Gasteiger partial charge on any atom is -0.289 e. The molecular weight excluding hydrogens is 281 g/mol. The van der Waals surface area contributed by atoms with Crippen molar-refractivity contribution in [3.63, 3.8) is 0 Å². The summed E-state index contributed by atoms with van der Waals surface area (Å²) in [5.41, 5.74) is 0.157. The average molecular weight is 300 g/mol. The Hall–Kier alpha value is -1.32. The van der Waals surface area contributed by atoms with E-state index in [1.165, 1.54) is 12.1 Å². The summed E-state index contributed by atoms with van der Waals surface area (Å²) in [6.45, 7) is 7.40. The maximum atomic E-state index is 12.5. The van der Waals surface area contributed by atoms with Crippen LogP contribution >= 0.6 is 0 Å². The number of rotatable bonds is 5. The summed E-state index contributed by atoms with van der Waals surface area (Å²) in [5.74, 6) is 0. The van der Waals surface area contributed by atoms with Crippen molar-refractivity contribution in [1.82, 2.24) is 4.90 Å². The van der Waals surface area contributed by atoms with Gasteiger partial charge in [0.15, 0.2) is 0 Å². The van der Waals surface area contributed by atoms with E-state index < -0.39 is 19.8 Å². The van der Waals surface area contributed by atoms with Crippen molar-refractivity contribution >= 4 is 8.07 Å². The predicted molar refractivity (Wildman–Crippen MR) is 75.7 cm³/mol. The first-order valence-corrected chi connectivity index (χ1v) is 10.1. The van der Waals surface area contributed by atoms with Crippen LogP contribution in [0.1, 0.15) is 11.1 Å². The molecule has 0 radical (unpaired) electrons. The lowest BCUT2D eigenvalue weighted by molar-refractivity contribution is -0.137. The van der Waals surface area contributed by atoms with Crippen LogP contribution in [0.5, 0.6) is 0 Å². The molecule has 1 aromatic rings. The van der Waals surface area contributed by atoms with Crippen molar-refractivity contribution in [2.75, 3.05) is 12.7 Å². The van der Waals surface area contributed by atoms with E-state index in [0.717, 1.165) is 23.9 Å². The zero-order chi connectivity index (χ0) is 15.4. The Morgan fingerprint density at radius 1 is 1.15 bits per heavy atom. The van der Waals surface area contributed by atoms with Gasteiger partial charge in [-0.2, -0.15) is 18.4 Å². The molecule has 0 saturated carbocycles. The van der Waals surface area contributed by atoms with Gasteiger partial charge in [0.1, 0.15) is 0 Å². The molecule has 0 amide bonds. The second-order valence-electron chi connectivity index (χ2n) is 6.06. The third-order valence-corrected chi connectivity index (χ3v) is 4.08. The first kappa shape index (κ1) is 16.7. The molecule has 2 nitrogen and oxygen atoms in total. The highest BCUT2D eigenvalue weighted by atomic mass is 28.3. The molecule has 0 fully saturated rings. The molecule has 0 saturated heterocycles. The van der Waals surface area contributed by atoms with E-state index >= 15 is 0 Å².